The molecule has 6 heteroatoms. The first-order chi connectivity index (χ1) is 34.7. The molecule has 4 heterocycles. The van der Waals surface area contributed by atoms with E-state index in [0.717, 1.165) is 50.3 Å². The quantitative estimate of drug-likeness (QED) is 0.160. The maximum atomic E-state index is 5.18. The molecule has 0 saturated carbocycles. The molecular weight excluding hydrogens is 853 g/mol. The number of fused-ring (bicyclic) bond motifs is 10. The number of hydrogen-bond donors (Lipinski definition) is 0. The van der Waals surface area contributed by atoms with Crippen LogP contribution >= 0.6 is 0 Å². The molecule has 14 aromatic rings. The van der Waals surface area contributed by atoms with Gasteiger partial charge in [0.25, 0.3) is 0 Å². The van der Waals surface area contributed by atoms with E-state index < -0.39 is 0 Å². The van der Waals surface area contributed by atoms with Crippen molar-refractivity contribution in [2.45, 2.75) is 0 Å². The number of nitrogens with zero attached hydrogens (tertiary/aromatic N) is 6. The van der Waals surface area contributed by atoms with Crippen LogP contribution in [0.3, 0.4) is 0 Å². The van der Waals surface area contributed by atoms with Crippen LogP contribution < -0.4 is 0 Å². The Kier molecular flexibility index (Phi) is 9.10. The molecule has 14 rings (SSSR count). The average molecular weight is 893 g/mol. The van der Waals surface area contributed by atoms with Gasteiger partial charge in [0.1, 0.15) is 0 Å². The van der Waals surface area contributed by atoms with Gasteiger partial charge in [-0.3, -0.25) is 4.98 Å². The van der Waals surface area contributed by atoms with Crippen LogP contribution in [0.1, 0.15) is 0 Å². The lowest BCUT2D eigenvalue weighted by Gasteiger charge is -2.12. The summed E-state index contributed by atoms with van der Waals surface area (Å²) in [6, 6.07) is 82.2. The normalized spacial score (nSPS) is 11.7. The molecule has 0 spiro atoms. The van der Waals surface area contributed by atoms with Gasteiger partial charge in [-0.1, -0.05) is 170 Å². The molecule has 0 aliphatic heterocycles. The Hall–Kier alpha value is -9.52. The van der Waals surface area contributed by atoms with E-state index in [1.54, 1.807) is 12.4 Å². The number of pyridine rings is 1. The second-order valence-corrected chi connectivity index (χ2v) is 17.9. The van der Waals surface area contributed by atoms with Crippen LogP contribution in [0.2, 0.25) is 0 Å². The van der Waals surface area contributed by atoms with Crippen LogP contribution in [-0.2, 0) is 0 Å². The third kappa shape index (κ3) is 6.49. The van der Waals surface area contributed by atoms with Crippen molar-refractivity contribution in [3.63, 3.8) is 0 Å². The first kappa shape index (κ1) is 39.6. The minimum Gasteiger partial charge on any atom is -0.309 e. The molecule has 0 fully saturated rings. The summed E-state index contributed by atoms with van der Waals surface area (Å²) in [6.45, 7) is 0. The van der Waals surface area contributed by atoms with Gasteiger partial charge in [-0.25, -0.2) is 15.0 Å². The van der Waals surface area contributed by atoms with E-state index in [9.17, 15) is 0 Å². The molecule has 6 nitrogen and oxygen atoms in total. The first-order valence-electron chi connectivity index (χ1n) is 23.6. The van der Waals surface area contributed by atoms with Gasteiger partial charge in [0, 0.05) is 72.8 Å². The number of hydrogen-bond acceptors (Lipinski definition) is 4. The molecule has 0 N–H and O–H groups in total. The van der Waals surface area contributed by atoms with Gasteiger partial charge in [0.15, 0.2) is 17.5 Å². The van der Waals surface area contributed by atoms with Crippen molar-refractivity contribution in [3.8, 4) is 67.8 Å². The molecule has 4 aromatic heterocycles. The highest BCUT2D eigenvalue weighted by Crippen LogP contribution is 2.39. The Morgan fingerprint density at radius 3 is 1.16 bits per heavy atom. The summed E-state index contributed by atoms with van der Waals surface area (Å²) in [7, 11) is 0. The molecule has 0 radical (unpaired) electrons. The maximum Gasteiger partial charge on any atom is 0.165 e. The fourth-order valence-electron chi connectivity index (χ4n) is 10.5. The van der Waals surface area contributed by atoms with Crippen molar-refractivity contribution >= 4 is 65.2 Å². The van der Waals surface area contributed by atoms with Crippen molar-refractivity contribution in [1.82, 2.24) is 29.1 Å². The predicted octanol–water partition coefficient (Wildman–Crippen LogP) is 16.1. The van der Waals surface area contributed by atoms with E-state index in [0.29, 0.717) is 17.5 Å². The van der Waals surface area contributed by atoms with Gasteiger partial charge in [0.2, 0.25) is 0 Å². The molecular formula is C64H40N6. The zero-order valence-electron chi connectivity index (χ0n) is 37.8. The van der Waals surface area contributed by atoms with Gasteiger partial charge in [-0.05, 0) is 93.7 Å². The molecule has 0 saturated heterocycles. The Bertz CT molecular complexity index is 4080. The van der Waals surface area contributed by atoms with E-state index in [1.165, 1.54) is 65.2 Å². The Morgan fingerprint density at radius 2 is 0.686 bits per heavy atom. The summed E-state index contributed by atoms with van der Waals surface area (Å²) >= 11 is 0. The van der Waals surface area contributed by atoms with Crippen LogP contribution in [0.5, 0.6) is 0 Å². The molecule has 0 amide bonds. The highest BCUT2D eigenvalue weighted by Gasteiger charge is 2.18. The first-order valence-corrected chi connectivity index (χ1v) is 23.6. The van der Waals surface area contributed by atoms with Crippen molar-refractivity contribution in [2.75, 3.05) is 0 Å². The minimum atomic E-state index is 0.565. The standard InChI is InChI=1S/C64H40N6/c1-3-19-52-43(12-1)29-35-56-54-21-5-7-23-58(54)69(60(52)56)50-31-25-41(26-32-50)45-14-9-16-47(38-45)62-66-63(68-64(67-62)49-18-11-37-65-40-49)48-17-10-15-46(39-48)42-27-33-51(34-28-42)70-59-24-8-6-22-55(59)57-36-30-44-13-2-4-20-53(44)61(57)70/h1-40H. The lowest BCUT2D eigenvalue weighted by molar-refractivity contribution is 1.07. The maximum absolute atomic E-state index is 5.18. The van der Waals surface area contributed by atoms with E-state index in [-0.39, 0.29) is 0 Å². The predicted molar refractivity (Wildman–Crippen MR) is 288 cm³/mol. The summed E-state index contributed by atoms with van der Waals surface area (Å²) in [4.78, 5) is 19.7. The summed E-state index contributed by atoms with van der Waals surface area (Å²) in [5.41, 5.74) is 14.0. The summed E-state index contributed by atoms with van der Waals surface area (Å²) < 4.78 is 4.80. The highest BCUT2D eigenvalue weighted by molar-refractivity contribution is 6.19. The van der Waals surface area contributed by atoms with Crippen LogP contribution in [-0.4, -0.2) is 29.1 Å². The zero-order valence-corrected chi connectivity index (χ0v) is 37.8. The third-order valence-corrected chi connectivity index (χ3v) is 13.8. The molecule has 326 valence electrons. The van der Waals surface area contributed by atoms with Crippen molar-refractivity contribution in [2.24, 2.45) is 0 Å². The fraction of sp³-hybridized carbons (Fsp3) is 0. The van der Waals surface area contributed by atoms with Crippen molar-refractivity contribution < 1.29 is 0 Å². The molecule has 0 aliphatic carbocycles. The molecule has 0 unspecified atom stereocenters. The molecule has 0 bridgehead atoms. The number of rotatable bonds is 7. The molecule has 70 heavy (non-hydrogen) atoms. The monoisotopic (exact) mass is 892 g/mol. The minimum absolute atomic E-state index is 0.565. The van der Waals surface area contributed by atoms with Gasteiger partial charge in [-0.2, -0.15) is 0 Å². The Labute approximate surface area is 403 Å². The number of para-hydroxylation sites is 2. The topological polar surface area (TPSA) is 61.4 Å². The van der Waals surface area contributed by atoms with Crippen molar-refractivity contribution in [3.05, 3.63) is 243 Å². The van der Waals surface area contributed by atoms with E-state index >= 15 is 0 Å². The van der Waals surface area contributed by atoms with Crippen LogP contribution in [0.25, 0.3) is 133 Å². The SMILES string of the molecule is c1cncc(-c2nc(-c3cccc(-c4ccc(-n5c6ccccc6c6ccc7ccccc7c65)cc4)c3)nc(-c3cccc(-c4ccc(-n5c6ccccc6c6ccc7ccccc7c65)cc4)c3)n2)c1. The second-order valence-electron chi connectivity index (χ2n) is 17.9. The molecule has 10 aromatic carbocycles. The summed E-state index contributed by atoms with van der Waals surface area (Å²) in [6.07, 6.45) is 3.57. The Balaban J connectivity index is 0.824. The second kappa shape index (κ2) is 16.1. The number of benzene rings is 10. The van der Waals surface area contributed by atoms with E-state index in [2.05, 4.69) is 233 Å². The summed E-state index contributed by atoms with van der Waals surface area (Å²) in [5, 5.41) is 9.91. The van der Waals surface area contributed by atoms with E-state index in [4.69, 9.17) is 15.0 Å². The van der Waals surface area contributed by atoms with Gasteiger partial charge in [0.05, 0.1) is 22.1 Å². The largest absolute Gasteiger partial charge is 0.309 e. The highest BCUT2D eigenvalue weighted by atomic mass is 15.0. The van der Waals surface area contributed by atoms with Crippen LogP contribution in [0.4, 0.5) is 0 Å². The van der Waals surface area contributed by atoms with Crippen LogP contribution in [0, 0.1) is 0 Å². The lowest BCUT2D eigenvalue weighted by atomic mass is 10.0. The fourth-order valence-corrected chi connectivity index (χ4v) is 10.5. The third-order valence-electron chi connectivity index (χ3n) is 13.8. The van der Waals surface area contributed by atoms with Gasteiger partial charge >= 0.3 is 0 Å². The summed E-state index contributed by atoms with van der Waals surface area (Å²) in [5.74, 6) is 1.75. The van der Waals surface area contributed by atoms with Gasteiger partial charge in [-0.15, -0.1) is 0 Å². The lowest BCUT2D eigenvalue weighted by Crippen LogP contribution is -2.00. The van der Waals surface area contributed by atoms with Crippen LogP contribution in [0.15, 0.2) is 243 Å². The average Bonchev–Trinajstić information content (AvgIpc) is 3.97. The Morgan fingerprint density at radius 1 is 0.271 bits per heavy atom. The van der Waals surface area contributed by atoms with E-state index in [1.807, 2.05) is 12.1 Å². The molecule has 0 atom stereocenters. The zero-order chi connectivity index (χ0) is 46.1. The van der Waals surface area contributed by atoms with Gasteiger partial charge < -0.3 is 9.13 Å². The molecule has 0 aliphatic rings. The smallest absolute Gasteiger partial charge is 0.165 e. The number of aromatic nitrogens is 6. The van der Waals surface area contributed by atoms with Crippen molar-refractivity contribution in [1.29, 1.82) is 0 Å².